The molecule has 0 saturated carbocycles. The van der Waals surface area contributed by atoms with E-state index in [-0.39, 0.29) is 0 Å². The second kappa shape index (κ2) is 11.0. The molecule has 62 valence electrons. The highest BCUT2D eigenvalue weighted by molar-refractivity contribution is 5.61. The molecule has 6 N–H and O–H groups in total. The minimum absolute atomic E-state index is 0.941. The molecule has 0 aliphatic rings. The number of carboxylic acid groups (broad SMARTS) is 1. The first-order chi connectivity index (χ1) is 4.65. The molecular weight excluding hydrogens is 134 g/mol. The van der Waals surface area contributed by atoms with Crippen LogP contribution < -0.4 is 17.0 Å². The fraction of sp³-hybridized carbons (Fsp3) is 0.800. The third-order valence-corrected chi connectivity index (χ3v) is 0.675. The molecule has 5 nitrogen and oxygen atoms in total. The van der Waals surface area contributed by atoms with E-state index in [1.807, 2.05) is 0 Å². The van der Waals surface area contributed by atoms with Gasteiger partial charge in [0.05, 0.1) is 0 Å². The first-order valence-electron chi connectivity index (χ1n) is 3.07. The number of hydrazine groups is 1. The van der Waals surface area contributed by atoms with Gasteiger partial charge in [-0.25, -0.2) is 4.79 Å². The topological polar surface area (TPSA) is 101 Å². The van der Waals surface area contributed by atoms with Gasteiger partial charge in [0.25, 0.3) is 0 Å². The molecule has 0 aliphatic carbocycles. The van der Waals surface area contributed by atoms with E-state index in [1.54, 1.807) is 0 Å². The molecule has 0 aliphatic heterocycles. The lowest BCUT2D eigenvalue weighted by Crippen LogP contribution is -2.22. The normalized spacial score (nSPS) is 7.80. The number of primary amides is 1. The maximum Gasteiger partial charge on any atom is 0.402 e. The molecule has 5 heteroatoms. The van der Waals surface area contributed by atoms with Crippen molar-refractivity contribution in [2.24, 2.45) is 11.6 Å². The third kappa shape index (κ3) is 57.4. The Morgan fingerprint density at radius 1 is 1.70 bits per heavy atom. The maximum absolute atomic E-state index is 8.78. The molecule has 0 aromatic heterocycles. The predicted octanol–water partition coefficient (Wildman–Crippen LogP) is -0.127. The molecule has 0 rings (SSSR count). The number of hydrogen-bond donors (Lipinski definition) is 4. The van der Waals surface area contributed by atoms with Gasteiger partial charge in [0.2, 0.25) is 0 Å². The van der Waals surface area contributed by atoms with Crippen LogP contribution in [0, 0.1) is 0 Å². The first-order valence-corrected chi connectivity index (χ1v) is 3.07. The van der Waals surface area contributed by atoms with E-state index in [2.05, 4.69) is 18.1 Å². The lowest BCUT2D eigenvalue weighted by Gasteiger charge is -1.89. The Morgan fingerprint density at radius 3 is 2.20 bits per heavy atom. The molecule has 0 saturated heterocycles. The van der Waals surface area contributed by atoms with Crippen LogP contribution >= 0.6 is 0 Å². The Morgan fingerprint density at radius 2 is 2.10 bits per heavy atom. The SMILES string of the molecule is CCCCNN.NC(=O)O. The van der Waals surface area contributed by atoms with Crippen LogP contribution in [0.25, 0.3) is 0 Å². The first kappa shape index (κ1) is 11.9. The van der Waals surface area contributed by atoms with Gasteiger partial charge in [-0.15, -0.1) is 0 Å². The van der Waals surface area contributed by atoms with Gasteiger partial charge in [0, 0.05) is 6.54 Å². The number of carbonyl (C=O) groups is 1. The van der Waals surface area contributed by atoms with E-state index < -0.39 is 6.09 Å². The van der Waals surface area contributed by atoms with E-state index >= 15 is 0 Å². The van der Waals surface area contributed by atoms with E-state index in [0.717, 1.165) is 6.54 Å². The molecule has 0 aromatic rings. The van der Waals surface area contributed by atoms with Gasteiger partial charge in [-0.2, -0.15) is 0 Å². The fourth-order valence-electron chi connectivity index (χ4n) is 0.279. The van der Waals surface area contributed by atoms with Crippen LogP contribution in [-0.4, -0.2) is 17.7 Å². The molecule has 0 aromatic carbocycles. The van der Waals surface area contributed by atoms with Gasteiger partial charge in [0.15, 0.2) is 0 Å². The minimum atomic E-state index is -1.33. The average molecular weight is 149 g/mol. The molecular formula is C5H15N3O2. The quantitative estimate of drug-likeness (QED) is 0.255. The van der Waals surface area contributed by atoms with Gasteiger partial charge in [-0.05, 0) is 6.42 Å². The minimum Gasteiger partial charge on any atom is -0.465 e. The lowest BCUT2D eigenvalue weighted by atomic mass is 10.3. The Labute approximate surface area is 60.4 Å². The van der Waals surface area contributed by atoms with E-state index in [1.165, 1.54) is 12.8 Å². The standard InChI is InChI=1S/C4H12N2.CH3NO2/c1-2-3-4-6-5;2-1(3)4/h6H,2-5H2,1H3;2H2,(H,3,4). The van der Waals surface area contributed by atoms with Crippen molar-refractivity contribution in [2.45, 2.75) is 19.8 Å². The highest BCUT2D eigenvalue weighted by Crippen LogP contribution is 1.78. The van der Waals surface area contributed by atoms with Crippen molar-refractivity contribution in [3.63, 3.8) is 0 Å². The zero-order valence-corrected chi connectivity index (χ0v) is 6.13. The third-order valence-electron chi connectivity index (χ3n) is 0.675. The average Bonchev–Trinajstić information content (AvgIpc) is 1.82. The van der Waals surface area contributed by atoms with Crippen LogP contribution in [0.15, 0.2) is 0 Å². The Balaban J connectivity index is 0. The molecule has 0 unspecified atom stereocenters. The zero-order chi connectivity index (χ0) is 8.41. The van der Waals surface area contributed by atoms with Gasteiger partial charge < -0.3 is 10.8 Å². The van der Waals surface area contributed by atoms with Crippen LogP contribution in [0.2, 0.25) is 0 Å². The molecule has 0 spiro atoms. The summed E-state index contributed by atoms with van der Waals surface area (Å²) in [5, 5.41) is 7.19. The van der Waals surface area contributed by atoms with Gasteiger partial charge in [0.1, 0.15) is 0 Å². The summed E-state index contributed by atoms with van der Waals surface area (Å²) in [6, 6.07) is 0. The van der Waals surface area contributed by atoms with Crippen LogP contribution in [0.4, 0.5) is 4.79 Å². The highest BCUT2D eigenvalue weighted by atomic mass is 16.4. The van der Waals surface area contributed by atoms with Crippen molar-refractivity contribution in [1.82, 2.24) is 5.43 Å². The number of hydrogen-bond acceptors (Lipinski definition) is 3. The second-order valence-electron chi connectivity index (χ2n) is 1.65. The van der Waals surface area contributed by atoms with Crippen LogP contribution in [0.3, 0.4) is 0 Å². The van der Waals surface area contributed by atoms with Crippen molar-refractivity contribution < 1.29 is 9.90 Å². The van der Waals surface area contributed by atoms with Gasteiger partial charge >= 0.3 is 6.09 Å². The lowest BCUT2D eigenvalue weighted by molar-refractivity contribution is 0.205. The monoisotopic (exact) mass is 149 g/mol. The molecule has 0 bridgehead atoms. The van der Waals surface area contributed by atoms with Crippen molar-refractivity contribution >= 4 is 6.09 Å². The van der Waals surface area contributed by atoms with Crippen LogP contribution in [-0.2, 0) is 0 Å². The molecule has 0 atom stereocenters. The number of amides is 1. The van der Waals surface area contributed by atoms with E-state index in [9.17, 15) is 0 Å². The van der Waals surface area contributed by atoms with E-state index in [0.29, 0.717) is 0 Å². The summed E-state index contributed by atoms with van der Waals surface area (Å²) in [6.45, 7) is 3.08. The van der Waals surface area contributed by atoms with Crippen LogP contribution in [0.5, 0.6) is 0 Å². The number of nitrogens with two attached hydrogens (primary N) is 2. The zero-order valence-electron chi connectivity index (χ0n) is 6.13. The highest BCUT2D eigenvalue weighted by Gasteiger charge is 1.73. The summed E-state index contributed by atoms with van der Waals surface area (Å²) in [7, 11) is 0. The summed E-state index contributed by atoms with van der Waals surface area (Å²) < 4.78 is 0. The molecule has 0 radical (unpaired) electrons. The summed E-state index contributed by atoms with van der Waals surface area (Å²) >= 11 is 0. The summed E-state index contributed by atoms with van der Waals surface area (Å²) in [5.41, 5.74) is 6.60. The van der Waals surface area contributed by atoms with Gasteiger partial charge in [-0.3, -0.25) is 11.3 Å². The smallest absolute Gasteiger partial charge is 0.402 e. The number of unbranched alkanes of at least 4 members (excludes halogenated alkanes) is 1. The van der Waals surface area contributed by atoms with Crippen molar-refractivity contribution in [3.05, 3.63) is 0 Å². The molecule has 10 heavy (non-hydrogen) atoms. The summed E-state index contributed by atoms with van der Waals surface area (Å²) in [4.78, 5) is 8.78. The molecule has 0 heterocycles. The fourth-order valence-corrected chi connectivity index (χ4v) is 0.279. The predicted molar refractivity (Wildman–Crippen MR) is 39.3 cm³/mol. The Kier molecular flexibility index (Phi) is 13.2. The van der Waals surface area contributed by atoms with Crippen molar-refractivity contribution in [2.75, 3.05) is 6.54 Å². The maximum atomic E-state index is 8.78. The Bertz CT molecular complexity index is 69.3. The Hall–Kier alpha value is -0.810. The summed E-state index contributed by atoms with van der Waals surface area (Å²) in [6.07, 6.45) is 1.06. The van der Waals surface area contributed by atoms with Crippen molar-refractivity contribution in [3.8, 4) is 0 Å². The largest absolute Gasteiger partial charge is 0.465 e. The van der Waals surface area contributed by atoms with Crippen molar-refractivity contribution in [1.29, 1.82) is 0 Å². The number of nitrogens with one attached hydrogen (secondary N) is 1. The second-order valence-corrected chi connectivity index (χ2v) is 1.65. The summed E-state index contributed by atoms with van der Waals surface area (Å²) in [5.74, 6) is 4.96. The van der Waals surface area contributed by atoms with E-state index in [4.69, 9.17) is 15.7 Å². The van der Waals surface area contributed by atoms with Crippen LogP contribution in [0.1, 0.15) is 19.8 Å². The molecule has 1 amide bonds. The number of rotatable bonds is 3. The van der Waals surface area contributed by atoms with Gasteiger partial charge in [-0.1, -0.05) is 13.3 Å². The molecule has 0 fully saturated rings.